The number of Topliss-reactive ketones (excluding diaryl/α,β-unsaturated/α-hetero) is 1. The smallest absolute Gasteiger partial charge is 0.338 e. The zero-order valence-electron chi connectivity index (χ0n) is 16.1. The number of carbonyl (C=O) groups is 2. The molecule has 7 heteroatoms. The van der Waals surface area contributed by atoms with Gasteiger partial charge in [-0.1, -0.05) is 17.7 Å². The van der Waals surface area contributed by atoms with E-state index in [0.29, 0.717) is 5.56 Å². The molecule has 1 N–H and O–H groups in total. The van der Waals surface area contributed by atoms with Gasteiger partial charge in [-0.2, -0.15) is 0 Å². The van der Waals surface area contributed by atoms with Crippen LogP contribution in [0.3, 0.4) is 0 Å². The lowest BCUT2D eigenvalue weighted by molar-refractivity contribution is 0.0318. The molecule has 0 aliphatic heterocycles. The van der Waals surface area contributed by atoms with E-state index < -0.39 is 22.1 Å². The Morgan fingerprint density at radius 2 is 1.71 bits per heavy atom. The second-order valence-electron chi connectivity index (χ2n) is 7.15. The molecule has 1 atom stereocenters. The van der Waals surface area contributed by atoms with E-state index in [2.05, 4.69) is 4.72 Å². The van der Waals surface area contributed by atoms with Crippen LogP contribution >= 0.6 is 0 Å². The Labute approximate surface area is 165 Å². The molecule has 28 heavy (non-hydrogen) atoms. The van der Waals surface area contributed by atoms with Gasteiger partial charge in [0, 0.05) is 11.6 Å². The Balaban J connectivity index is 1.68. The highest BCUT2D eigenvalue weighted by Gasteiger charge is 2.28. The lowest BCUT2D eigenvalue weighted by Crippen LogP contribution is -2.26. The number of rotatable bonds is 7. The molecular formula is C21H23NO5S. The third kappa shape index (κ3) is 4.66. The van der Waals surface area contributed by atoms with E-state index >= 15 is 0 Å². The number of carbonyl (C=O) groups excluding carboxylic acids is 2. The van der Waals surface area contributed by atoms with Crippen molar-refractivity contribution in [1.29, 1.82) is 0 Å². The van der Waals surface area contributed by atoms with Gasteiger partial charge in [0.05, 0.1) is 10.5 Å². The van der Waals surface area contributed by atoms with Gasteiger partial charge in [-0.25, -0.2) is 17.9 Å². The van der Waals surface area contributed by atoms with Crippen molar-refractivity contribution in [2.45, 2.75) is 50.7 Å². The molecule has 6 nitrogen and oxygen atoms in total. The fourth-order valence-electron chi connectivity index (χ4n) is 2.76. The summed E-state index contributed by atoms with van der Waals surface area (Å²) in [6.07, 6.45) is 0.735. The van der Waals surface area contributed by atoms with Crippen LogP contribution in [0, 0.1) is 13.8 Å². The van der Waals surface area contributed by atoms with Crippen molar-refractivity contribution in [2.24, 2.45) is 0 Å². The summed E-state index contributed by atoms with van der Waals surface area (Å²) in [5.41, 5.74) is 2.47. The average molecular weight is 401 g/mol. The van der Waals surface area contributed by atoms with E-state index in [1.54, 1.807) is 6.07 Å². The van der Waals surface area contributed by atoms with E-state index in [1.807, 2.05) is 26.0 Å². The zero-order valence-corrected chi connectivity index (χ0v) is 16.9. The van der Waals surface area contributed by atoms with Gasteiger partial charge in [0.25, 0.3) is 0 Å². The van der Waals surface area contributed by atoms with Gasteiger partial charge in [-0.05, 0) is 69.5 Å². The highest BCUT2D eigenvalue weighted by molar-refractivity contribution is 7.89. The van der Waals surface area contributed by atoms with Crippen molar-refractivity contribution >= 4 is 21.8 Å². The molecule has 0 spiro atoms. The van der Waals surface area contributed by atoms with Crippen LogP contribution in [0.5, 0.6) is 0 Å². The summed E-state index contributed by atoms with van der Waals surface area (Å²) in [5, 5.41) is 0. The van der Waals surface area contributed by atoms with Gasteiger partial charge < -0.3 is 4.74 Å². The molecule has 3 rings (SSSR count). The first-order valence-electron chi connectivity index (χ1n) is 9.12. The second kappa shape index (κ2) is 7.85. The first-order chi connectivity index (χ1) is 13.2. The molecule has 2 aromatic rings. The number of sulfonamides is 1. The predicted molar refractivity (Wildman–Crippen MR) is 105 cm³/mol. The van der Waals surface area contributed by atoms with Gasteiger partial charge in [0.2, 0.25) is 15.8 Å². The zero-order chi connectivity index (χ0) is 20.5. The molecule has 0 aromatic heterocycles. The summed E-state index contributed by atoms with van der Waals surface area (Å²) in [5.74, 6) is -0.951. The Kier molecular flexibility index (Phi) is 5.67. The summed E-state index contributed by atoms with van der Waals surface area (Å²) >= 11 is 0. The van der Waals surface area contributed by atoms with Gasteiger partial charge in [0.1, 0.15) is 0 Å². The molecule has 2 aromatic carbocycles. The Morgan fingerprint density at radius 1 is 1.07 bits per heavy atom. The van der Waals surface area contributed by atoms with Crippen LogP contribution < -0.4 is 4.72 Å². The number of nitrogens with one attached hydrogen (secondary N) is 1. The second-order valence-corrected chi connectivity index (χ2v) is 8.86. The number of ketones is 1. The maximum Gasteiger partial charge on any atom is 0.338 e. The number of esters is 1. The number of hydrogen-bond donors (Lipinski definition) is 1. The maximum absolute atomic E-state index is 12.6. The monoisotopic (exact) mass is 401 g/mol. The summed E-state index contributed by atoms with van der Waals surface area (Å²) in [6, 6.07) is 11.0. The predicted octanol–water partition coefficient (Wildman–Crippen LogP) is 3.17. The fourth-order valence-corrected chi connectivity index (χ4v) is 4.07. The number of ether oxygens (including phenoxy) is 1. The topological polar surface area (TPSA) is 89.5 Å². The number of benzene rings is 2. The lowest BCUT2D eigenvalue weighted by Gasteiger charge is -2.14. The van der Waals surface area contributed by atoms with Gasteiger partial charge in [0.15, 0.2) is 6.10 Å². The van der Waals surface area contributed by atoms with E-state index in [-0.39, 0.29) is 22.3 Å². The lowest BCUT2D eigenvalue weighted by atomic mass is 9.99. The Bertz CT molecular complexity index is 1010. The van der Waals surface area contributed by atoms with Crippen LogP contribution in [0.25, 0.3) is 0 Å². The van der Waals surface area contributed by atoms with E-state index in [0.717, 1.165) is 24.0 Å². The van der Waals surface area contributed by atoms with Crippen LogP contribution in [0.15, 0.2) is 47.4 Å². The molecule has 0 bridgehead atoms. The van der Waals surface area contributed by atoms with Gasteiger partial charge in [-0.15, -0.1) is 0 Å². The molecule has 1 aliphatic rings. The highest BCUT2D eigenvalue weighted by atomic mass is 32.2. The summed E-state index contributed by atoms with van der Waals surface area (Å²) in [6.45, 7) is 5.25. The Hall–Kier alpha value is -2.51. The maximum atomic E-state index is 12.6. The van der Waals surface area contributed by atoms with Crippen molar-refractivity contribution in [2.75, 3.05) is 0 Å². The van der Waals surface area contributed by atoms with Crippen molar-refractivity contribution < 1.29 is 22.7 Å². The molecule has 0 saturated heterocycles. The largest absolute Gasteiger partial charge is 0.451 e. The van der Waals surface area contributed by atoms with Crippen LogP contribution in [0.4, 0.5) is 0 Å². The number of aryl methyl sites for hydroxylation is 2. The van der Waals surface area contributed by atoms with Crippen molar-refractivity contribution in [1.82, 2.24) is 4.72 Å². The average Bonchev–Trinajstić information content (AvgIpc) is 3.46. The van der Waals surface area contributed by atoms with Crippen LogP contribution in [-0.4, -0.2) is 32.3 Å². The first kappa shape index (κ1) is 20.2. The van der Waals surface area contributed by atoms with Crippen molar-refractivity contribution in [3.8, 4) is 0 Å². The minimum atomic E-state index is -3.58. The minimum absolute atomic E-state index is 0.00610. The number of hydrogen-bond acceptors (Lipinski definition) is 5. The normalized spacial score (nSPS) is 15.1. The Morgan fingerprint density at radius 3 is 2.32 bits per heavy atom. The summed E-state index contributed by atoms with van der Waals surface area (Å²) in [7, 11) is -3.58. The molecule has 0 unspecified atom stereocenters. The van der Waals surface area contributed by atoms with Crippen molar-refractivity contribution in [3.05, 3.63) is 64.7 Å². The third-order valence-electron chi connectivity index (χ3n) is 4.61. The highest BCUT2D eigenvalue weighted by Crippen LogP contribution is 2.22. The molecule has 148 valence electrons. The molecule has 0 amide bonds. The standard InChI is InChI=1S/C21H23NO5S/c1-13-4-5-14(2)19(12-13)20(23)15(3)27-21(24)16-6-10-18(11-7-16)28(25,26)22-17-8-9-17/h4-7,10-12,15,17,22H,8-9H2,1-3H3/t15-/m0/s1. The molecule has 0 heterocycles. The van der Waals surface area contributed by atoms with E-state index in [1.165, 1.54) is 31.2 Å². The molecule has 1 saturated carbocycles. The van der Waals surface area contributed by atoms with Crippen LogP contribution in [0.2, 0.25) is 0 Å². The fraction of sp³-hybridized carbons (Fsp3) is 0.333. The molecular weight excluding hydrogens is 378 g/mol. The summed E-state index contributed by atoms with van der Waals surface area (Å²) in [4.78, 5) is 25.1. The minimum Gasteiger partial charge on any atom is -0.451 e. The molecule has 1 fully saturated rings. The SMILES string of the molecule is Cc1ccc(C)c(C(=O)[C@H](C)OC(=O)c2ccc(S(=O)(=O)NC3CC3)cc2)c1. The molecule has 0 radical (unpaired) electrons. The first-order valence-corrected chi connectivity index (χ1v) is 10.6. The van der Waals surface area contributed by atoms with Crippen LogP contribution in [-0.2, 0) is 14.8 Å². The molecule has 1 aliphatic carbocycles. The quantitative estimate of drug-likeness (QED) is 0.569. The van der Waals surface area contributed by atoms with E-state index in [4.69, 9.17) is 4.74 Å². The van der Waals surface area contributed by atoms with Gasteiger partial charge in [-0.3, -0.25) is 4.79 Å². The van der Waals surface area contributed by atoms with Crippen LogP contribution in [0.1, 0.15) is 51.6 Å². The summed E-state index contributed by atoms with van der Waals surface area (Å²) < 4.78 is 32.2. The van der Waals surface area contributed by atoms with E-state index in [9.17, 15) is 18.0 Å². The third-order valence-corrected chi connectivity index (χ3v) is 6.15. The van der Waals surface area contributed by atoms with Crippen molar-refractivity contribution in [3.63, 3.8) is 0 Å². The van der Waals surface area contributed by atoms with Gasteiger partial charge >= 0.3 is 5.97 Å².